The highest BCUT2D eigenvalue weighted by Crippen LogP contribution is 2.23. The Balaban J connectivity index is 3.09. The standard InChI is InChI=1S/C11H11ClN2O6/c1-5(15)9(11(17)18)13-10(16)7-3-2-6(12)4-8(7)14(19)20/h2-5,9,15H,1H3,(H,13,16)(H,17,18). The lowest BCUT2D eigenvalue weighted by atomic mass is 10.1. The zero-order valence-corrected chi connectivity index (χ0v) is 11.0. The third kappa shape index (κ3) is 3.65. The summed E-state index contributed by atoms with van der Waals surface area (Å²) in [6.45, 7) is 1.18. The van der Waals surface area contributed by atoms with Crippen LogP contribution in [0.5, 0.6) is 0 Å². The van der Waals surface area contributed by atoms with Crippen LogP contribution in [-0.4, -0.2) is 39.2 Å². The molecule has 0 heterocycles. The van der Waals surface area contributed by atoms with Gasteiger partial charge >= 0.3 is 5.97 Å². The Morgan fingerprint density at radius 3 is 2.50 bits per heavy atom. The van der Waals surface area contributed by atoms with E-state index in [0.717, 1.165) is 12.1 Å². The second-order valence-electron chi connectivity index (χ2n) is 3.95. The van der Waals surface area contributed by atoms with E-state index >= 15 is 0 Å². The van der Waals surface area contributed by atoms with Gasteiger partial charge < -0.3 is 15.5 Å². The molecule has 9 heteroatoms. The molecule has 1 amide bonds. The monoisotopic (exact) mass is 302 g/mol. The number of aliphatic carboxylic acids is 1. The van der Waals surface area contributed by atoms with Crippen LogP contribution < -0.4 is 5.32 Å². The van der Waals surface area contributed by atoms with E-state index in [4.69, 9.17) is 16.7 Å². The molecule has 0 saturated heterocycles. The lowest BCUT2D eigenvalue weighted by Gasteiger charge is -2.16. The van der Waals surface area contributed by atoms with E-state index in [-0.39, 0.29) is 10.6 Å². The van der Waals surface area contributed by atoms with Gasteiger partial charge in [-0.1, -0.05) is 11.6 Å². The first-order valence-corrected chi connectivity index (χ1v) is 5.77. The Hall–Kier alpha value is -2.19. The Labute approximate surface area is 118 Å². The summed E-state index contributed by atoms with van der Waals surface area (Å²) in [5.41, 5.74) is -0.893. The number of carboxylic acid groups (broad SMARTS) is 1. The number of benzene rings is 1. The number of halogens is 1. The summed E-state index contributed by atoms with van der Waals surface area (Å²) in [5, 5.41) is 31.0. The van der Waals surface area contributed by atoms with E-state index in [2.05, 4.69) is 0 Å². The van der Waals surface area contributed by atoms with Crippen molar-refractivity contribution in [3.05, 3.63) is 38.9 Å². The molecule has 2 unspecified atom stereocenters. The van der Waals surface area contributed by atoms with Crippen LogP contribution in [-0.2, 0) is 4.79 Å². The summed E-state index contributed by atoms with van der Waals surface area (Å²) >= 11 is 5.60. The molecule has 0 bridgehead atoms. The first-order valence-electron chi connectivity index (χ1n) is 5.39. The first-order chi connectivity index (χ1) is 9.23. The summed E-state index contributed by atoms with van der Waals surface area (Å²) in [6.07, 6.45) is -1.36. The molecule has 1 aromatic rings. The van der Waals surface area contributed by atoms with Crippen LogP contribution in [0.4, 0.5) is 5.69 Å². The highest BCUT2D eigenvalue weighted by Gasteiger charge is 2.28. The fourth-order valence-corrected chi connectivity index (χ4v) is 1.62. The smallest absolute Gasteiger partial charge is 0.328 e. The number of carbonyl (C=O) groups is 2. The van der Waals surface area contributed by atoms with Gasteiger partial charge in [0.05, 0.1) is 11.0 Å². The molecule has 0 fully saturated rings. The van der Waals surface area contributed by atoms with Crippen LogP contribution in [0.15, 0.2) is 18.2 Å². The second kappa shape index (κ2) is 6.31. The maximum atomic E-state index is 11.9. The number of hydrogen-bond donors (Lipinski definition) is 3. The maximum Gasteiger partial charge on any atom is 0.328 e. The van der Waals surface area contributed by atoms with E-state index in [1.165, 1.54) is 13.0 Å². The molecule has 0 spiro atoms. The topological polar surface area (TPSA) is 130 Å². The Kier molecular flexibility index (Phi) is 5.00. The number of hydrogen-bond acceptors (Lipinski definition) is 5. The number of nitro benzene ring substituents is 1. The van der Waals surface area contributed by atoms with Crippen LogP contribution in [0.3, 0.4) is 0 Å². The molecule has 20 heavy (non-hydrogen) atoms. The number of amides is 1. The molecular formula is C11H11ClN2O6. The first kappa shape index (κ1) is 15.9. The second-order valence-corrected chi connectivity index (χ2v) is 4.38. The van der Waals surface area contributed by atoms with E-state index < -0.39 is 34.6 Å². The summed E-state index contributed by atoms with van der Waals surface area (Å²) in [6, 6.07) is 1.78. The number of carbonyl (C=O) groups excluding carboxylic acids is 1. The third-order valence-electron chi connectivity index (χ3n) is 2.44. The van der Waals surface area contributed by atoms with Crippen molar-refractivity contribution >= 4 is 29.2 Å². The van der Waals surface area contributed by atoms with Gasteiger partial charge in [-0.2, -0.15) is 0 Å². The molecule has 0 aliphatic rings. The molecule has 0 aliphatic carbocycles. The number of rotatable bonds is 5. The van der Waals surface area contributed by atoms with Crippen LogP contribution in [0.2, 0.25) is 5.02 Å². The number of nitrogens with zero attached hydrogens (tertiary/aromatic N) is 1. The van der Waals surface area contributed by atoms with Crippen LogP contribution in [0, 0.1) is 10.1 Å². The number of carboxylic acids is 1. The normalized spacial score (nSPS) is 13.3. The molecular weight excluding hydrogens is 292 g/mol. The summed E-state index contributed by atoms with van der Waals surface area (Å²) in [7, 11) is 0. The molecule has 0 aliphatic heterocycles. The zero-order valence-electron chi connectivity index (χ0n) is 10.2. The Bertz CT molecular complexity index is 560. The van der Waals surface area contributed by atoms with Crippen molar-refractivity contribution in [3.63, 3.8) is 0 Å². The van der Waals surface area contributed by atoms with Gasteiger partial charge in [0.25, 0.3) is 11.6 Å². The molecule has 0 radical (unpaired) electrons. The van der Waals surface area contributed by atoms with Gasteiger partial charge in [0.15, 0.2) is 6.04 Å². The van der Waals surface area contributed by atoms with Crippen LogP contribution in [0.25, 0.3) is 0 Å². The quantitative estimate of drug-likeness (QED) is 0.545. The van der Waals surface area contributed by atoms with E-state index in [9.17, 15) is 24.8 Å². The van der Waals surface area contributed by atoms with Gasteiger partial charge in [-0.25, -0.2) is 4.79 Å². The lowest BCUT2D eigenvalue weighted by Crippen LogP contribution is -2.47. The third-order valence-corrected chi connectivity index (χ3v) is 2.67. The predicted octanol–water partition coefficient (Wildman–Crippen LogP) is 0.812. The molecule has 108 valence electrons. The summed E-state index contributed by atoms with van der Waals surface area (Å²) < 4.78 is 0. The van der Waals surface area contributed by atoms with E-state index in [0.29, 0.717) is 0 Å². The van der Waals surface area contributed by atoms with Crippen molar-refractivity contribution in [2.45, 2.75) is 19.1 Å². The molecule has 3 N–H and O–H groups in total. The summed E-state index contributed by atoms with van der Waals surface area (Å²) in [5.74, 6) is -2.44. The SMILES string of the molecule is CC(O)C(NC(=O)c1ccc(Cl)cc1[N+](=O)[O-])C(=O)O. The molecule has 0 saturated carbocycles. The summed E-state index contributed by atoms with van der Waals surface area (Å²) in [4.78, 5) is 32.7. The van der Waals surface area contributed by atoms with Gasteiger partial charge in [-0.3, -0.25) is 14.9 Å². The fourth-order valence-electron chi connectivity index (χ4n) is 1.46. The highest BCUT2D eigenvalue weighted by molar-refractivity contribution is 6.31. The van der Waals surface area contributed by atoms with Crippen molar-refractivity contribution in [2.75, 3.05) is 0 Å². The van der Waals surface area contributed by atoms with Crippen molar-refractivity contribution in [3.8, 4) is 0 Å². The van der Waals surface area contributed by atoms with Crippen molar-refractivity contribution < 1.29 is 24.7 Å². The van der Waals surface area contributed by atoms with Crippen molar-refractivity contribution in [1.29, 1.82) is 0 Å². The van der Waals surface area contributed by atoms with Crippen LogP contribution in [0.1, 0.15) is 17.3 Å². The molecule has 1 rings (SSSR count). The largest absolute Gasteiger partial charge is 0.480 e. The number of aliphatic hydroxyl groups excluding tert-OH is 1. The average molecular weight is 303 g/mol. The molecule has 0 aromatic heterocycles. The van der Waals surface area contributed by atoms with Crippen molar-refractivity contribution in [1.82, 2.24) is 5.32 Å². The average Bonchev–Trinajstić information content (AvgIpc) is 2.34. The number of aliphatic hydroxyl groups is 1. The van der Waals surface area contributed by atoms with E-state index in [1.54, 1.807) is 0 Å². The number of nitro groups is 1. The van der Waals surface area contributed by atoms with Gasteiger partial charge in [0.2, 0.25) is 0 Å². The van der Waals surface area contributed by atoms with Gasteiger partial charge in [0.1, 0.15) is 5.56 Å². The Morgan fingerprint density at radius 2 is 2.05 bits per heavy atom. The molecule has 1 aromatic carbocycles. The zero-order chi connectivity index (χ0) is 15.4. The minimum absolute atomic E-state index is 0.0681. The van der Waals surface area contributed by atoms with E-state index in [1.807, 2.05) is 5.32 Å². The van der Waals surface area contributed by atoms with Gasteiger partial charge in [0, 0.05) is 11.1 Å². The fraction of sp³-hybridized carbons (Fsp3) is 0.273. The van der Waals surface area contributed by atoms with Gasteiger partial charge in [-0.15, -0.1) is 0 Å². The maximum absolute atomic E-state index is 11.9. The minimum atomic E-state index is -1.57. The highest BCUT2D eigenvalue weighted by atomic mass is 35.5. The molecule has 2 atom stereocenters. The molecule has 8 nitrogen and oxygen atoms in total. The predicted molar refractivity (Wildman–Crippen MR) is 68.7 cm³/mol. The van der Waals surface area contributed by atoms with Crippen LogP contribution >= 0.6 is 11.6 Å². The lowest BCUT2D eigenvalue weighted by molar-refractivity contribution is -0.385. The minimum Gasteiger partial charge on any atom is -0.480 e. The van der Waals surface area contributed by atoms with Gasteiger partial charge in [-0.05, 0) is 19.1 Å². The van der Waals surface area contributed by atoms with Crippen molar-refractivity contribution in [2.24, 2.45) is 0 Å². The Morgan fingerprint density at radius 1 is 1.45 bits per heavy atom. The number of nitrogens with one attached hydrogen (secondary N) is 1.